The van der Waals surface area contributed by atoms with Crippen LogP contribution >= 0.6 is 0 Å². The minimum Gasteiger partial charge on any atom is -0.454 e. The van der Waals surface area contributed by atoms with Gasteiger partial charge in [-0.15, -0.1) is 0 Å². The van der Waals surface area contributed by atoms with Crippen LogP contribution in [-0.2, 0) is 16.1 Å². The number of likely N-dealkylation sites (tertiary alicyclic amines) is 1. The van der Waals surface area contributed by atoms with Gasteiger partial charge in [-0.3, -0.25) is 4.79 Å². The maximum absolute atomic E-state index is 13.2. The average molecular weight is 405 g/mol. The van der Waals surface area contributed by atoms with E-state index in [0.717, 1.165) is 29.9 Å². The fraction of sp³-hybridized carbons (Fsp3) is 0.636. The Balaban J connectivity index is 1.72. The molecule has 3 rings (SSSR count). The van der Waals surface area contributed by atoms with Gasteiger partial charge in [0.05, 0.1) is 6.61 Å². The highest BCUT2D eigenvalue weighted by Gasteiger charge is 2.32. The number of hydrogen-bond acceptors (Lipinski definition) is 5. The highest BCUT2D eigenvalue weighted by molar-refractivity contribution is 5.77. The third kappa shape index (κ3) is 5.55. The van der Waals surface area contributed by atoms with Gasteiger partial charge in [0.2, 0.25) is 12.7 Å². The maximum atomic E-state index is 13.2. The van der Waals surface area contributed by atoms with Gasteiger partial charge in [0.15, 0.2) is 11.5 Å². The monoisotopic (exact) mass is 404 g/mol. The number of carbonyl (C=O) groups is 2. The van der Waals surface area contributed by atoms with E-state index < -0.39 is 0 Å². The lowest BCUT2D eigenvalue weighted by Gasteiger charge is -2.39. The second-order valence-corrected chi connectivity index (χ2v) is 8.86. The molecule has 2 aliphatic rings. The van der Waals surface area contributed by atoms with Gasteiger partial charge in [-0.05, 0) is 42.9 Å². The topological polar surface area (TPSA) is 68.3 Å². The Hall–Kier alpha value is -2.44. The summed E-state index contributed by atoms with van der Waals surface area (Å²) in [7, 11) is 0. The first-order valence-corrected chi connectivity index (χ1v) is 10.4. The SMILES string of the molecule is CCOC(=O)N1CCC(N(Cc2ccc3c(c2)OCO3)C(=O)CC(C)(C)C)CC1. The second kappa shape index (κ2) is 8.93. The number of benzene rings is 1. The summed E-state index contributed by atoms with van der Waals surface area (Å²) >= 11 is 0. The van der Waals surface area contributed by atoms with Crippen molar-refractivity contribution >= 4 is 12.0 Å². The predicted molar refractivity (Wildman–Crippen MR) is 109 cm³/mol. The lowest BCUT2D eigenvalue weighted by atomic mass is 9.90. The number of amides is 2. The van der Waals surface area contributed by atoms with Crippen LogP contribution in [0.4, 0.5) is 4.79 Å². The first-order chi connectivity index (χ1) is 13.8. The van der Waals surface area contributed by atoms with Gasteiger partial charge in [0.25, 0.3) is 0 Å². The fourth-order valence-corrected chi connectivity index (χ4v) is 3.79. The Morgan fingerprint density at radius 3 is 2.52 bits per heavy atom. The molecule has 2 heterocycles. The van der Waals surface area contributed by atoms with Crippen molar-refractivity contribution in [3.05, 3.63) is 23.8 Å². The van der Waals surface area contributed by atoms with E-state index in [1.807, 2.05) is 30.0 Å². The van der Waals surface area contributed by atoms with Crippen LogP contribution < -0.4 is 9.47 Å². The van der Waals surface area contributed by atoms with Crippen LogP contribution in [0, 0.1) is 5.41 Å². The zero-order valence-corrected chi connectivity index (χ0v) is 17.9. The molecule has 2 amide bonds. The quantitative estimate of drug-likeness (QED) is 0.747. The van der Waals surface area contributed by atoms with Gasteiger partial charge in [0, 0.05) is 32.1 Å². The van der Waals surface area contributed by atoms with Crippen LogP contribution in [0.25, 0.3) is 0 Å². The number of rotatable bonds is 5. The lowest BCUT2D eigenvalue weighted by molar-refractivity contribution is -0.137. The number of piperidine rings is 1. The molecule has 0 spiro atoms. The van der Waals surface area contributed by atoms with Crippen molar-refractivity contribution in [3.8, 4) is 11.5 Å². The van der Waals surface area contributed by atoms with E-state index in [-0.39, 0.29) is 30.3 Å². The molecule has 7 heteroatoms. The summed E-state index contributed by atoms with van der Waals surface area (Å²) in [5, 5.41) is 0. The van der Waals surface area contributed by atoms with Crippen molar-refractivity contribution in [2.75, 3.05) is 26.5 Å². The molecule has 160 valence electrons. The molecular formula is C22H32N2O5. The Labute approximate surface area is 172 Å². The molecule has 0 bridgehead atoms. The van der Waals surface area contributed by atoms with Crippen molar-refractivity contribution in [2.45, 2.75) is 59.5 Å². The van der Waals surface area contributed by atoms with E-state index in [0.29, 0.717) is 32.7 Å². The van der Waals surface area contributed by atoms with Crippen molar-refractivity contribution in [1.82, 2.24) is 9.80 Å². The summed E-state index contributed by atoms with van der Waals surface area (Å²) in [4.78, 5) is 28.9. The van der Waals surface area contributed by atoms with Crippen LogP contribution in [0.1, 0.15) is 52.5 Å². The molecule has 0 aromatic heterocycles. The summed E-state index contributed by atoms with van der Waals surface area (Å²) in [5.41, 5.74) is 0.930. The molecule has 0 N–H and O–H groups in total. The molecule has 0 saturated carbocycles. The summed E-state index contributed by atoms with van der Waals surface area (Å²) in [6.07, 6.45) is 1.71. The smallest absolute Gasteiger partial charge is 0.409 e. The number of carbonyl (C=O) groups excluding carboxylic acids is 2. The molecule has 0 aliphatic carbocycles. The molecule has 0 unspecified atom stereocenters. The highest BCUT2D eigenvalue weighted by Crippen LogP contribution is 2.33. The van der Waals surface area contributed by atoms with Crippen LogP contribution in [0.15, 0.2) is 18.2 Å². The second-order valence-electron chi connectivity index (χ2n) is 8.86. The third-order valence-corrected chi connectivity index (χ3v) is 5.22. The van der Waals surface area contributed by atoms with Crippen LogP contribution in [0.3, 0.4) is 0 Å². The summed E-state index contributed by atoms with van der Waals surface area (Å²) in [6.45, 7) is 10.4. The molecule has 1 aromatic rings. The Morgan fingerprint density at radius 2 is 1.86 bits per heavy atom. The number of nitrogens with zero attached hydrogens (tertiary/aromatic N) is 2. The van der Waals surface area contributed by atoms with E-state index in [9.17, 15) is 9.59 Å². The van der Waals surface area contributed by atoms with Crippen LogP contribution in [-0.4, -0.2) is 54.3 Å². The number of hydrogen-bond donors (Lipinski definition) is 0. The van der Waals surface area contributed by atoms with Gasteiger partial charge < -0.3 is 24.0 Å². The van der Waals surface area contributed by atoms with Gasteiger partial charge in [0.1, 0.15) is 0 Å². The van der Waals surface area contributed by atoms with Crippen molar-refractivity contribution < 1.29 is 23.8 Å². The molecule has 7 nitrogen and oxygen atoms in total. The average Bonchev–Trinajstić information content (AvgIpc) is 3.13. The van der Waals surface area contributed by atoms with Crippen LogP contribution in [0.5, 0.6) is 11.5 Å². The Bertz CT molecular complexity index is 735. The van der Waals surface area contributed by atoms with E-state index in [1.165, 1.54) is 0 Å². The summed E-state index contributed by atoms with van der Waals surface area (Å²) in [5.74, 6) is 1.61. The Kier molecular flexibility index (Phi) is 6.55. The first-order valence-electron chi connectivity index (χ1n) is 10.4. The zero-order chi connectivity index (χ0) is 21.0. The normalized spacial score (nSPS) is 16.6. The first kappa shape index (κ1) is 21.3. The van der Waals surface area contributed by atoms with Crippen molar-refractivity contribution in [3.63, 3.8) is 0 Å². The van der Waals surface area contributed by atoms with Gasteiger partial charge in [-0.25, -0.2) is 4.79 Å². The molecule has 0 atom stereocenters. The highest BCUT2D eigenvalue weighted by atomic mass is 16.7. The molecule has 1 aromatic carbocycles. The molecule has 1 fully saturated rings. The van der Waals surface area contributed by atoms with Crippen molar-refractivity contribution in [2.24, 2.45) is 5.41 Å². The van der Waals surface area contributed by atoms with Gasteiger partial charge in [-0.1, -0.05) is 26.8 Å². The molecule has 0 radical (unpaired) electrons. The van der Waals surface area contributed by atoms with Gasteiger partial charge >= 0.3 is 6.09 Å². The molecular weight excluding hydrogens is 372 g/mol. The van der Waals surface area contributed by atoms with Gasteiger partial charge in [-0.2, -0.15) is 0 Å². The fourth-order valence-electron chi connectivity index (χ4n) is 3.79. The molecule has 1 saturated heterocycles. The number of fused-ring (bicyclic) bond motifs is 1. The zero-order valence-electron chi connectivity index (χ0n) is 17.9. The Morgan fingerprint density at radius 1 is 1.17 bits per heavy atom. The van der Waals surface area contributed by atoms with Crippen LogP contribution in [0.2, 0.25) is 0 Å². The van der Waals surface area contributed by atoms with Crippen molar-refractivity contribution in [1.29, 1.82) is 0 Å². The maximum Gasteiger partial charge on any atom is 0.409 e. The minimum atomic E-state index is -0.269. The van der Waals surface area contributed by atoms with E-state index in [4.69, 9.17) is 14.2 Å². The third-order valence-electron chi connectivity index (χ3n) is 5.22. The number of ether oxygens (including phenoxy) is 3. The predicted octanol–water partition coefficient (Wildman–Crippen LogP) is 3.80. The largest absolute Gasteiger partial charge is 0.454 e. The standard InChI is InChI=1S/C22H32N2O5/c1-5-27-21(26)23-10-8-17(9-11-23)24(20(25)13-22(2,3)4)14-16-6-7-18-19(12-16)29-15-28-18/h6-7,12,17H,5,8-11,13-15H2,1-4H3. The minimum absolute atomic E-state index is 0.0874. The van der Waals surface area contributed by atoms with E-state index in [1.54, 1.807) is 4.90 Å². The molecule has 2 aliphatic heterocycles. The molecule has 29 heavy (non-hydrogen) atoms. The lowest BCUT2D eigenvalue weighted by Crippen LogP contribution is -2.49. The summed E-state index contributed by atoms with van der Waals surface area (Å²) < 4.78 is 16.0. The van der Waals surface area contributed by atoms with E-state index >= 15 is 0 Å². The summed E-state index contributed by atoms with van der Waals surface area (Å²) in [6, 6.07) is 5.93. The van der Waals surface area contributed by atoms with E-state index in [2.05, 4.69) is 20.8 Å².